The van der Waals surface area contributed by atoms with Gasteiger partial charge in [0.25, 0.3) is 0 Å². The Morgan fingerprint density at radius 3 is 2.67 bits per heavy atom. The largest absolute Gasteiger partial charge is 0.390 e. The number of benzene rings is 1. The van der Waals surface area contributed by atoms with E-state index in [1.165, 1.54) is 6.07 Å². The Morgan fingerprint density at radius 1 is 1.21 bits per heavy atom. The molecule has 0 radical (unpaired) electrons. The minimum absolute atomic E-state index is 0.102. The second-order valence-corrected chi connectivity index (χ2v) is 5.92. The van der Waals surface area contributed by atoms with Crippen molar-refractivity contribution >= 4 is 5.69 Å². The molecule has 7 heteroatoms. The van der Waals surface area contributed by atoms with Crippen LogP contribution in [0.2, 0.25) is 0 Å². The maximum Gasteiger partial charge on any atom is 0.143 e. The van der Waals surface area contributed by atoms with Crippen LogP contribution in [0.25, 0.3) is 0 Å². The molecule has 0 spiro atoms. The summed E-state index contributed by atoms with van der Waals surface area (Å²) in [5.41, 5.74) is 0.749. The number of hydrogen-bond donors (Lipinski definition) is 1. The van der Waals surface area contributed by atoms with Gasteiger partial charge in [0.1, 0.15) is 17.4 Å². The maximum atomic E-state index is 13.7. The fraction of sp³-hybridized carbons (Fsp3) is 0.412. The normalized spacial score (nSPS) is 16.8. The van der Waals surface area contributed by atoms with Crippen LogP contribution in [0.4, 0.5) is 10.1 Å². The summed E-state index contributed by atoms with van der Waals surface area (Å²) in [4.78, 5) is 4.20. The summed E-state index contributed by atoms with van der Waals surface area (Å²) in [7, 11) is 0. The average molecular weight is 329 g/mol. The van der Waals surface area contributed by atoms with E-state index in [9.17, 15) is 9.50 Å². The molecule has 3 rings (SSSR count). The minimum Gasteiger partial charge on any atom is -0.390 e. The van der Waals surface area contributed by atoms with Crippen LogP contribution in [0.1, 0.15) is 5.56 Å². The first-order chi connectivity index (χ1) is 11.7. The van der Waals surface area contributed by atoms with E-state index < -0.39 is 11.9 Å². The highest BCUT2D eigenvalue weighted by Gasteiger charge is 2.22. The van der Waals surface area contributed by atoms with Crippen molar-refractivity contribution in [3.05, 3.63) is 48.0 Å². The Bertz CT molecular complexity index is 704. The monoisotopic (exact) mass is 329 g/mol. The van der Waals surface area contributed by atoms with E-state index in [1.54, 1.807) is 23.0 Å². The van der Waals surface area contributed by atoms with Gasteiger partial charge >= 0.3 is 0 Å². The molecule has 126 valence electrons. The first-order valence-corrected chi connectivity index (χ1v) is 7.99. The first-order valence-electron chi connectivity index (χ1n) is 7.99. The van der Waals surface area contributed by atoms with Crippen LogP contribution in [0.15, 0.2) is 36.7 Å². The number of nitriles is 1. The van der Waals surface area contributed by atoms with Crippen LogP contribution in [-0.2, 0) is 6.54 Å². The third-order valence-electron chi connectivity index (χ3n) is 4.24. The highest BCUT2D eigenvalue weighted by molar-refractivity contribution is 5.60. The molecule has 0 amide bonds. The molecule has 1 N–H and O–H groups in total. The third kappa shape index (κ3) is 3.72. The highest BCUT2D eigenvalue weighted by Crippen LogP contribution is 2.23. The number of β-amino-alcohol motifs (C(OH)–C–C–N with tert-alkyl or cyclic N) is 1. The Hall–Kier alpha value is -2.43. The summed E-state index contributed by atoms with van der Waals surface area (Å²) in [5, 5.41) is 23.4. The second-order valence-electron chi connectivity index (χ2n) is 5.92. The predicted octanol–water partition coefficient (Wildman–Crippen LogP) is 1.08. The lowest BCUT2D eigenvalue weighted by Crippen LogP contribution is -2.49. The van der Waals surface area contributed by atoms with Crippen LogP contribution >= 0.6 is 0 Å². The molecule has 1 aromatic carbocycles. The zero-order valence-corrected chi connectivity index (χ0v) is 13.3. The zero-order valence-electron chi connectivity index (χ0n) is 13.3. The van der Waals surface area contributed by atoms with E-state index in [4.69, 9.17) is 5.26 Å². The molecule has 1 aliphatic rings. The van der Waals surface area contributed by atoms with Gasteiger partial charge in [0.2, 0.25) is 0 Å². The van der Waals surface area contributed by atoms with Gasteiger partial charge in [-0.2, -0.15) is 10.4 Å². The topological polar surface area (TPSA) is 68.3 Å². The van der Waals surface area contributed by atoms with E-state index >= 15 is 0 Å². The lowest BCUT2D eigenvalue weighted by atomic mass is 10.1. The molecule has 1 aromatic heterocycles. The number of aromatic nitrogens is 2. The number of aliphatic hydroxyl groups excluding tert-OH is 1. The SMILES string of the molecule is N#Cc1c(F)cccc1N1CCN(CC(O)Cn2cccn2)CC1. The van der Waals surface area contributed by atoms with Crippen LogP contribution in [0.3, 0.4) is 0 Å². The van der Waals surface area contributed by atoms with Crippen LogP contribution < -0.4 is 4.90 Å². The zero-order chi connectivity index (χ0) is 16.9. The standard InChI is InChI=1S/C17H20FN5O/c18-16-3-1-4-17(15(16)11-19)22-9-7-21(8-10-22)12-14(24)13-23-6-2-5-20-23/h1-6,14,24H,7-10,12-13H2. The van der Waals surface area contributed by atoms with Gasteiger partial charge in [0, 0.05) is 45.1 Å². The summed E-state index contributed by atoms with van der Waals surface area (Å²) < 4.78 is 15.4. The average Bonchev–Trinajstić information content (AvgIpc) is 3.08. The van der Waals surface area contributed by atoms with Crippen molar-refractivity contribution in [2.75, 3.05) is 37.6 Å². The number of aliphatic hydroxyl groups is 1. The van der Waals surface area contributed by atoms with Crippen LogP contribution in [-0.4, -0.2) is 58.6 Å². The minimum atomic E-state index is -0.486. The summed E-state index contributed by atoms with van der Waals surface area (Å²) in [6, 6.07) is 8.50. The van der Waals surface area contributed by atoms with Crippen molar-refractivity contribution in [2.24, 2.45) is 0 Å². The quantitative estimate of drug-likeness (QED) is 0.889. The highest BCUT2D eigenvalue weighted by atomic mass is 19.1. The van der Waals surface area contributed by atoms with Gasteiger partial charge in [-0.3, -0.25) is 9.58 Å². The van der Waals surface area contributed by atoms with Gasteiger partial charge < -0.3 is 10.0 Å². The van der Waals surface area contributed by atoms with Crippen molar-refractivity contribution < 1.29 is 9.50 Å². The number of anilines is 1. The van der Waals surface area contributed by atoms with Gasteiger partial charge in [-0.1, -0.05) is 6.07 Å². The Kier molecular flexibility index (Phi) is 5.08. The Balaban J connectivity index is 1.54. The Labute approximate surface area is 140 Å². The molecule has 2 aromatic rings. The number of rotatable bonds is 5. The van der Waals surface area contributed by atoms with Gasteiger partial charge in [0.15, 0.2) is 0 Å². The van der Waals surface area contributed by atoms with E-state index in [2.05, 4.69) is 10.00 Å². The second kappa shape index (κ2) is 7.43. The molecule has 0 saturated carbocycles. The lowest BCUT2D eigenvalue weighted by molar-refractivity contribution is 0.0920. The van der Waals surface area contributed by atoms with Crippen molar-refractivity contribution in [1.29, 1.82) is 5.26 Å². The predicted molar refractivity (Wildman–Crippen MR) is 88.0 cm³/mol. The van der Waals surface area contributed by atoms with Crippen molar-refractivity contribution in [3.63, 3.8) is 0 Å². The molecule has 1 unspecified atom stereocenters. The fourth-order valence-electron chi connectivity index (χ4n) is 3.04. The summed E-state index contributed by atoms with van der Waals surface area (Å²) in [6.45, 7) is 3.96. The van der Waals surface area contributed by atoms with Gasteiger partial charge in [0.05, 0.1) is 18.3 Å². The van der Waals surface area contributed by atoms with Crippen molar-refractivity contribution in [2.45, 2.75) is 12.6 Å². The lowest BCUT2D eigenvalue weighted by Gasteiger charge is -2.37. The maximum absolute atomic E-state index is 13.7. The molecule has 1 atom stereocenters. The smallest absolute Gasteiger partial charge is 0.143 e. The van der Waals surface area contributed by atoms with Crippen LogP contribution in [0, 0.1) is 17.1 Å². The van der Waals surface area contributed by atoms with Crippen LogP contribution in [0.5, 0.6) is 0 Å². The first kappa shape index (κ1) is 16.4. The van der Waals surface area contributed by atoms with Crippen molar-refractivity contribution in [1.82, 2.24) is 14.7 Å². The molecule has 6 nitrogen and oxygen atoms in total. The number of nitrogens with zero attached hydrogens (tertiary/aromatic N) is 5. The summed E-state index contributed by atoms with van der Waals surface area (Å²) >= 11 is 0. The molecular weight excluding hydrogens is 309 g/mol. The molecule has 1 saturated heterocycles. The third-order valence-corrected chi connectivity index (χ3v) is 4.24. The molecule has 2 heterocycles. The molecule has 1 fully saturated rings. The van der Waals surface area contributed by atoms with Gasteiger partial charge in [-0.15, -0.1) is 0 Å². The molecule has 0 bridgehead atoms. The summed E-state index contributed by atoms with van der Waals surface area (Å²) in [6.07, 6.45) is 3.03. The van der Waals surface area contributed by atoms with Gasteiger partial charge in [-0.25, -0.2) is 4.39 Å². The van der Waals surface area contributed by atoms with E-state index in [-0.39, 0.29) is 5.56 Å². The number of hydrogen-bond acceptors (Lipinski definition) is 5. The number of piperazine rings is 1. The van der Waals surface area contributed by atoms with Gasteiger partial charge in [-0.05, 0) is 18.2 Å². The molecular formula is C17H20FN5O. The Morgan fingerprint density at radius 2 is 2.00 bits per heavy atom. The molecule has 0 aliphatic carbocycles. The molecule has 1 aliphatic heterocycles. The summed E-state index contributed by atoms with van der Waals surface area (Å²) in [5.74, 6) is -0.480. The van der Waals surface area contributed by atoms with E-state index in [0.29, 0.717) is 31.9 Å². The van der Waals surface area contributed by atoms with E-state index in [1.807, 2.05) is 23.2 Å². The van der Waals surface area contributed by atoms with E-state index in [0.717, 1.165) is 13.1 Å². The molecule has 24 heavy (non-hydrogen) atoms. The number of halogens is 1. The fourth-order valence-corrected chi connectivity index (χ4v) is 3.04. The van der Waals surface area contributed by atoms with Crippen molar-refractivity contribution in [3.8, 4) is 6.07 Å².